The summed E-state index contributed by atoms with van der Waals surface area (Å²) in [5, 5.41) is 5.56. The number of carbonyl (C=O) groups excluding carboxylic acids is 1. The maximum Gasteiger partial charge on any atom is 0.253 e. The largest absolute Gasteiger partial charge is 0.346 e. The van der Waals surface area contributed by atoms with Gasteiger partial charge in [0.05, 0.1) is 11.9 Å². The fraction of sp³-hybridized carbons (Fsp3) is 0.320. The monoisotopic (exact) mass is 458 g/mol. The van der Waals surface area contributed by atoms with Gasteiger partial charge < -0.3 is 9.88 Å². The molecule has 2 saturated heterocycles. The second kappa shape index (κ2) is 8.02. The average molecular weight is 459 g/mol. The number of piperidine rings is 1. The smallest absolute Gasteiger partial charge is 0.253 e. The van der Waals surface area contributed by atoms with Crippen LogP contribution in [0, 0.1) is 11.9 Å². The van der Waals surface area contributed by atoms with Crippen LogP contribution in [0.5, 0.6) is 0 Å². The van der Waals surface area contributed by atoms with Crippen LogP contribution < -0.4 is 0 Å². The van der Waals surface area contributed by atoms with Gasteiger partial charge in [0, 0.05) is 60.6 Å². The highest BCUT2D eigenvalue weighted by atomic mass is 19.1. The highest BCUT2D eigenvalue weighted by molar-refractivity contribution is 5.94. The summed E-state index contributed by atoms with van der Waals surface area (Å²) in [6, 6.07) is 9.15. The van der Waals surface area contributed by atoms with Gasteiger partial charge in [-0.15, -0.1) is 0 Å². The van der Waals surface area contributed by atoms with E-state index in [0.29, 0.717) is 18.7 Å². The van der Waals surface area contributed by atoms with Crippen LogP contribution in [0.3, 0.4) is 0 Å². The Bertz CT molecular complexity index is 1350. The Labute approximate surface area is 196 Å². The predicted molar refractivity (Wildman–Crippen MR) is 125 cm³/mol. The van der Waals surface area contributed by atoms with Crippen LogP contribution in [0.1, 0.15) is 30.1 Å². The van der Waals surface area contributed by atoms with Gasteiger partial charge >= 0.3 is 0 Å². The summed E-state index contributed by atoms with van der Waals surface area (Å²) in [5.74, 6) is -0.474. The summed E-state index contributed by atoms with van der Waals surface area (Å²) >= 11 is 0. The van der Waals surface area contributed by atoms with Crippen molar-refractivity contribution in [1.82, 2.24) is 34.5 Å². The zero-order valence-corrected chi connectivity index (χ0v) is 18.9. The summed E-state index contributed by atoms with van der Waals surface area (Å²) in [6.07, 6.45) is 9.09. The van der Waals surface area contributed by atoms with Crippen LogP contribution in [0.2, 0.25) is 0 Å². The van der Waals surface area contributed by atoms with Crippen LogP contribution in [-0.4, -0.2) is 72.2 Å². The second-order valence-electron chi connectivity index (χ2n) is 9.36. The molecule has 1 amide bonds. The topological polar surface area (TPSA) is 82.9 Å². The van der Waals surface area contributed by atoms with Crippen molar-refractivity contribution in [2.75, 3.05) is 26.2 Å². The number of nitrogens with zero attached hydrogens (tertiary/aromatic N) is 6. The van der Waals surface area contributed by atoms with Crippen LogP contribution in [0.25, 0.3) is 22.3 Å². The van der Waals surface area contributed by atoms with Gasteiger partial charge in [-0.25, -0.2) is 14.4 Å². The van der Waals surface area contributed by atoms with Gasteiger partial charge in [-0.05, 0) is 44.0 Å². The van der Waals surface area contributed by atoms with Crippen LogP contribution in [0.4, 0.5) is 4.39 Å². The van der Waals surface area contributed by atoms with Crippen molar-refractivity contribution >= 4 is 16.9 Å². The molecule has 0 saturated carbocycles. The van der Waals surface area contributed by atoms with E-state index in [2.05, 4.69) is 31.9 Å². The highest BCUT2D eigenvalue weighted by Crippen LogP contribution is 2.36. The number of H-pyrrole nitrogens is 1. The van der Waals surface area contributed by atoms with Crippen molar-refractivity contribution in [3.8, 4) is 11.3 Å². The second-order valence-corrected chi connectivity index (χ2v) is 9.36. The predicted octanol–water partition coefficient (Wildman–Crippen LogP) is 3.35. The number of nitrogens with one attached hydrogen (secondary N) is 1. The Morgan fingerprint density at radius 2 is 1.97 bits per heavy atom. The van der Waals surface area contributed by atoms with E-state index in [1.165, 1.54) is 18.2 Å². The molecule has 2 aliphatic heterocycles. The van der Waals surface area contributed by atoms with Crippen molar-refractivity contribution in [1.29, 1.82) is 0 Å². The zero-order valence-electron chi connectivity index (χ0n) is 18.9. The van der Waals surface area contributed by atoms with E-state index in [0.717, 1.165) is 48.2 Å². The molecule has 2 aliphatic rings. The van der Waals surface area contributed by atoms with Gasteiger partial charge in [0.15, 0.2) is 0 Å². The third-order valence-corrected chi connectivity index (χ3v) is 7.24. The molecule has 0 spiro atoms. The van der Waals surface area contributed by atoms with Crippen molar-refractivity contribution in [2.45, 2.75) is 25.3 Å². The van der Waals surface area contributed by atoms with Crippen LogP contribution >= 0.6 is 0 Å². The number of hydrogen-bond acceptors (Lipinski definition) is 5. The van der Waals surface area contributed by atoms with Gasteiger partial charge in [0.2, 0.25) is 0 Å². The lowest BCUT2D eigenvalue weighted by atomic mass is 9.84. The van der Waals surface area contributed by atoms with E-state index in [9.17, 15) is 9.18 Å². The first-order valence-corrected chi connectivity index (χ1v) is 11.5. The molecular weight excluding hydrogens is 433 g/mol. The minimum atomic E-state index is -0.379. The number of aromatic amines is 1. The summed E-state index contributed by atoms with van der Waals surface area (Å²) in [5.41, 5.74) is 3.10. The normalized spacial score (nSPS) is 18.8. The van der Waals surface area contributed by atoms with Gasteiger partial charge in [-0.3, -0.25) is 14.4 Å². The maximum absolute atomic E-state index is 13.5. The molecule has 6 rings (SSSR count). The van der Waals surface area contributed by atoms with Crippen molar-refractivity contribution < 1.29 is 9.18 Å². The molecule has 0 atom stereocenters. The molecule has 8 nitrogen and oxygen atoms in total. The number of likely N-dealkylation sites (tertiary alicyclic amines) is 2. The molecule has 1 radical (unpaired) electrons. The molecule has 4 aromatic rings. The third-order valence-electron chi connectivity index (χ3n) is 7.24. The molecule has 34 heavy (non-hydrogen) atoms. The molecule has 173 valence electrons. The van der Waals surface area contributed by atoms with Crippen molar-refractivity contribution in [3.63, 3.8) is 0 Å². The summed E-state index contributed by atoms with van der Waals surface area (Å²) < 4.78 is 15.5. The number of hydrogen-bond donors (Lipinski definition) is 1. The Morgan fingerprint density at radius 3 is 2.76 bits per heavy atom. The SMILES string of the molecule is CC1(N2C[C](n3cc(-c4ncnc5[nH]ccc45)cn3)C2)CCN(C(=O)c2cccc(F)c2)CC1. The molecule has 1 N–H and O–H groups in total. The van der Waals surface area contributed by atoms with Gasteiger partial charge in [0.25, 0.3) is 5.91 Å². The quantitative estimate of drug-likeness (QED) is 0.507. The summed E-state index contributed by atoms with van der Waals surface area (Å²) in [4.78, 5) is 28.9. The van der Waals surface area contributed by atoms with Crippen molar-refractivity contribution in [3.05, 3.63) is 72.7 Å². The Morgan fingerprint density at radius 1 is 1.15 bits per heavy atom. The minimum absolute atomic E-state index is 0.0299. The lowest BCUT2D eigenvalue weighted by Gasteiger charge is -2.53. The number of aromatic nitrogens is 5. The standard InChI is InChI=1S/C25H25FN7O/c1-25(6-9-31(10-7-25)24(34)17-3-2-4-19(26)11-17)32-14-20(15-32)33-13-18(12-30-33)22-21-5-8-27-23(21)29-16-28-22/h2-5,8,11-13,16H,6-7,9-10,14-15H2,1H3,(H,27,28,29). The zero-order chi connectivity index (χ0) is 23.3. The molecule has 0 bridgehead atoms. The molecular formula is C25H25FN7O. The molecule has 5 heterocycles. The molecule has 1 aromatic carbocycles. The first kappa shape index (κ1) is 21.0. The van der Waals surface area contributed by atoms with E-state index < -0.39 is 0 Å². The number of halogens is 1. The number of amides is 1. The van der Waals surface area contributed by atoms with Crippen LogP contribution in [-0.2, 0) is 0 Å². The lowest BCUT2D eigenvalue weighted by Crippen LogP contribution is -2.62. The fourth-order valence-electron chi connectivity index (χ4n) is 4.95. The van der Waals surface area contributed by atoms with E-state index >= 15 is 0 Å². The summed E-state index contributed by atoms with van der Waals surface area (Å²) in [6.45, 7) is 5.30. The van der Waals surface area contributed by atoms with E-state index in [1.54, 1.807) is 18.5 Å². The fourth-order valence-corrected chi connectivity index (χ4v) is 4.95. The average Bonchev–Trinajstić information content (AvgIpc) is 3.48. The Balaban J connectivity index is 1.08. The number of benzene rings is 1. The Hall–Kier alpha value is -3.59. The number of carbonyl (C=O) groups is 1. The van der Waals surface area contributed by atoms with Crippen LogP contribution in [0.15, 0.2) is 55.2 Å². The molecule has 9 heteroatoms. The molecule has 3 aromatic heterocycles. The van der Waals surface area contributed by atoms with Gasteiger partial charge in [0.1, 0.15) is 23.8 Å². The summed E-state index contributed by atoms with van der Waals surface area (Å²) in [7, 11) is 0. The molecule has 0 unspecified atom stereocenters. The Kier molecular flexibility index (Phi) is 4.95. The van der Waals surface area contributed by atoms with E-state index in [4.69, 9.17) is 0 Å². The maximum atomic E-state index is 13.5. The first-order valence-electron chi connectivity index (χ1n) is 11.5. The highest BCUT2D eigenvalue weighted by Gasteiger charge is 2.44. The number of rotatable bonds is 4. The molecule has 0 aliphatic carbocycles. The van der Waals surface area contributed by atoms with Gasteiger partial charge in [-0.2, -0.15) is 5.10 Å². The first-order chi connectivity index (χ1) is 16.5. The van der Waals surface area contributed by atoms with E-state index in [-0.39, 0.29) is 17.3 Å². The van der Waals surface area contributed by atoms with Gasteiger partial charge in [-0.1, -0.05) is 6.07 Å². The lowest BCUT2D eigenvalue weighted by molar-refractivity contribution is 0.00187. The van der Waals surface area contributed by atoms with Crippen molar-refractivity contribution in [2.24, 2.45) is 0 Å². The number of fused-ring (bicyclic) bond motifs is 1. The third kappa shape index (κ3) is 3.56. The molecule has 2 fully saturated rings. The minimum Gasteiger partial charge on any atom is -0.346 e. The van der Waals surface area contributed by atoms with E-state index in [1.807, 2.05) is 34.2 Å².